The molecule has 0 spiro atoms. The van der Waals surface area contributed by atoms with E-state index in [0.29, 0.717) is 17.5 Å². The van der Waals surface area contributed by atoms with Crippen molar-refractivity contribution in [2.75, 3.05) is 6.54 Å². The zero-order valence-corrected chi connectivity index (χ0v) is 12.7. The minimum absolute atomic E-state index is 0.253. The van der Waals surface area contributed by atoms with Crippen LogP contribution < -0.4 is 5.32 Å². The molecule has 1 aromatic rings. The van der Waals surface area contributed by atoms with E-state index in [1.54, 1.807) is 18.2 Å². The Labute approximate surface area is 124 Å². The molecule has 2 rings (SSSR count). The second kappa shape index (κ2) is 5.52. The van der Waals surface area contributed by atoms with Gasteiger partial charge in [0.2, 0.25) is 0 Å². The van der Waals surface area contributed by atoms with E-state index in [1.165, 1.54) is 0 Å². The number of hydrogen-bond donors (Lipinski definition) is 2. The van der Waals surface area contributed by atoms with Crippen LogP contribution in [0.25, 0.3) is 0 Å². The number of phenols is 1. The molecule has 110 valence electrons. The standard InChI is InChI=1S/C15H20ClNO3/c1-15(2,3)20-14(19)17-8-9-6-11(9)12-7-10(16)4-5-13(12)18/h4-5,7,9,11,18H,6,8H2,1-3H3,(H,17,19)/t9?,11-/m0/s1. The molecule has 0 aliphatic heterocycles. The molecule has 1 saturated carbocycles. The summed E-state index contributed by atoms with van der Waals surface area (Å²) in [5, 5.41) is 13.2. The van der Waals surface area contributed by atoms with Gasteiger partial charge in [0.25, 0.3) is 0 Å². The molecule has 1 aliphatic rings. The Morgan fingerprint density at radius 1 is 1.50 bits per heavy atom. The highest BCUT2D eigenvalue weighted by molar-refractivity contribution is 6.30. The molecule has 5 heteroatoms. The zero-order chi connectivity index (χ0) is 14.9. The maximum absolute atomic E-state index is 11.6. The molecule has 0 bridgehead atoms. The monoisotopic (exact) mass is 297 g/mol. The van der Waals surface area contributed by atoms with E-state index in [9.17, 15) is 9.90 Å². The summed E-state index contributed by atoms with van der Waals surface area (Å²) < 4.78 is 5.18. The highest BCUT2D eigenvalue weighted by Gasteiger charge is 2.40. The van der Waals surface area contributed by atoms with Crippen LogP contribution >= 0.6 is 11.6 Å². The average Bonchev–Trinajstić information content (AvgIpc) is 3.07. The zero-order valence-electron chi connectivity index (χ0n) is 11.9. The number of alkyl carbamates (subject to hydrolysis) is 1. The first-order valence-electron chi connectivity index (χ1n) is 6.71. The summed E-state index contributed by atoms with van der Waals surface area (Å²) >= 11 is 5.94. The Bertz CT molecular complexity index is 510. The first-order valence-corrected chi connectivity index (χ1v) is 7.09. The lowest BCUT2D eigenvalue weighted by Gasteiger charge is -2.19. The van der Waals surface area contributed by atoms with E-state index in [-0.39, 0.29) is 11.7 Å². The minimum Gasteiger partial charge on any atom is -0.508 e. The molecular formula is C15H20ClNO3. The number of carbonyl (C=O) groups is 1. The van der Waals surface area contributed by atoms with E-state index < -0.39 is 11.7 Å². The molecular weight excluding hydrogens is 278 g/mol. The lowest BCUT2D eigenvalue weighted by molar-refractivity contribution is 0.0525. The summed E-state index contributed by atoms with van der Waals surface area (Å²) in [5.74, 6) is 0.842. The highest BCUT2D eigenvalue weighted by atomic mass is 35.5. The van der Waals surface area contributed by atoms with E-state index in [2.05, 4.69) is 5.32 Å². The molecule has 1 amide bonds. The summed E-state index contributed by atoms with van der Waals surface area (Å²) in [6, 6.07) is 5.06. The molecule has 0 saturated heterocycles. The van der Waals surface area contributed by atoms with Gasteiger partial charge < -0.3 is 15.2 Å². The molecule has 2 N–H and O–H groups in total. The minimum atomic E-state index is -0.488. The molecule has 2 atom stereocenters. The summed E-state index contributed by atoms with van der Waals surface area (Å²) in [4.78, 5) is 11.6. The third-order valence-corrected chi connectivity index (χ3v) is 3.45. The molecule has 0 aromatic heterocycles. The summed E-state index contributed by atoms with van der Waals surface area (Å²) in [5.41, 5.74) is 0.367. The topological polar surface area (TPSA) is 58.6 Å². The van der Waals surface area contributed by atoms with Gasteiger partial charge in [0.15, 0.2) is 0 Å². The number of ether oxygens (including phenoxy) is 1. The Kier molecular flexibility index (Phi) is 4.14. The quantitative estimate of drug-likeness (QED) is 0.895. The van der Waals surface area contributed by atoms with Crippen LogP contribution in [0.2, 0.25) is 5.02 Å². The van der Waals surface area contributed by atoms with Crippen LogP contribution in [0.15, 0.2) is 18.2 Å². The molecule has 1 fully saturated rings. The lowest BCUT2D eigenvalue weighted by atomic mass is 10.1. The maximum atomic E-state index is 11.6. The molecule has 0 heterocycles. The molecule has 20 heavy (non-hydrogen) atoms. The lowest BCUT2D eigenvalue weighted by Crippen LogP contribution is -2.33. The van der Waals surface area contributed by atoms with Crippen molar-refractivity contribution >= 4 is 17.7 Å². The normalized spacial score (nSPS) is 21.4. The summed E-state index contributed by atoms with van der Waals surface area (Å²) in [7, 11) is 0. The van der Waals surface area contributed by atoms with Crippen molar-refractivity contribution < 1.29 is 14.6 Å². The second-order valence-corrected chi connectivity index (χ2v) is 6.62. The van der Waals surface area contributed by atoms with E-state index in [4.69, 9.17) is 16.3 Å². The van der Waals surface area contributed by atoms with Crippen molar-refractivity contribution in [2.24, 2.45) is 5.92 Å². The Morgan fingerprint density at radius 3 is 2.85 bits per heavy atom. The Balaban J connectivity index is 1.84. The molecule has 1 aliphatic carbocycles. The second-order valence-electron chi connectivity index (χ2n) is 6.19. The van der Waals surface area contributed by atoms with Crippen LogP contribution in [0.1, 0.15) is 38.7 Å². The van der Waals surface area contributed by atoms with Crippen molar-refractivity contribution in [3.63, 3.8) is 0 Å². The SMILES string of the molecule is CC(C)(C)OC(=O)NCC1C[C@@H]1c1cc(Cl)ccc1O. The number of phenolic OH excluding ortho intramolecular Hbond substituents is 1. The number of amides is 1. The van der Waals surface area contributed by atoms with Crippen molar-refractivity contribution in [3.8, 4) is 5.75 Å². The number of carbonyl (C=O) groups excluding carboxylic acids is 1. The van der Waals surface area contributed by atoms with Gasteiger partial charge in [0.1, 0.15) is 11.4 Å². The first kappa shape index (κ1) is 15.0. The number of rotatable bonds is 3. The van der Waals surface area contributed by atoms with Gasteiger partial charge in [-0.25, -0.2) is 4.79 Å². The van der Waals surface area contributed by atoms with Crippen LogP contribution in [-0.4, -0.2) is 23.3 Å². The first-order chi connectivity index (χ1) is 9.26. The number of nitrogens with one attached hydrogen (secondary N) is 1. The van der Waals surface area contributed by atoms with Gasteiger partial charge in [-0.15, -0.1) is 0 Å². The Hall–Kier alpha value is -1.42. The van der Waals surface area contributed by atoms with Gasteiger partial charge in [0.05, 0.1) is 0 Å². The maximum Gasteiger partial charge on any atom is 0.407 e. The summed E-state index contributed by atoms with van der Waals surface area (Å²) in [6.45, 7) is 6.04. The third-order valence-electron chi connectivity index (χ3n) is 3.22. The van der Waals surface area contributed by atoms with Crippen LogP contribution in [0.3, 0.4) is 0 Å². The third kappa shape index (κ3) is 4.04. The van der Waals surface area contributed by atoms with Crippen molar-refractivity contribution in [1.29, 1.82) is 0 Å². The fraction of sp³-hybridized carbons (Fsp3) is 0.533. The number of benzene rings is 1. The number of hydrogen-bond acceptors (Lipinski definition) is 3. The van der Waals surface area contributed by atoms with Gasteiger partial charge in [-0.1, -0.05) is 11.6 Å². The number of halogens is 1. The smallest absolute Gasteiger partial charge is 0.407 e. The highest BCUT2D eigenvalue weighted by Crippen LogP contribution is 2.50. The predicted molar refractivity (Wildman–Crippen MR) is 78.2 cm³/mol. The fourth-order valence-corrected chi connectivity index (χ4v) is 2.39. The van der Waals surface area contributed by atoms with Gasteiger partial charge in [-0.05, 0) is 62.8 Å². The molecule has 0 radical (unpaired) electrons. The van der Waals surface area contributed by atoms with E-state index in [1.807, 2.05) is 20.8 Å². The van der Waals surface area contributed by atoms with Crippen LogP contribution in [0.5, 0.6) is 5.75 Å². The van der Waals surface area contributed by atoms with Gasteiger partial charge in [-0.2, -0.15) is 0 Å². The van der Waals surface area contributed by atoms with Gasteiger partial charge in [-0.3, -0.25) is 0 Å². The van der Waals surface area contributed by atoms with Crippen LogP contribution in [0.4, 0.5) is 4.79 Å². The van der Waals surface area contributed by atoms with E-state index in [0.717, 1.165) is 12.0 Å². The van der Waals surface area contributed by atoms with Gasteiger partial charge >= 0.3 is 6.09 Å². The van der Waals surface area contributed by atoms with Crippen molar-refractivity contribution in [1.82, 2.24) is 5.32 Å². The summed E-state index contributed by atoms with van der Waals surface area (Å²) in [6.07, 6.45) is 0.530. The average molecular weight is 298 g/mol. The molecule has 1 aromatic carbocycles. The Morgan fingerprint density at radius 2 is 2.20 bits per heavy atom. The van der Waals surface area contributed by atoms with Crippen LogP contribution in [0, 0.1) is 5.92 Å². The molecule has 4 nitrogen and oxygen atoms in total. The van der Waals surface area contributed by atoms with E-state index >= 15 is 0 Å². The predicted octanol–water partition coefficient (Wildman–Crippen LogP) is 3.67. The number of aromatic hydroxyl groups is 1. The van der Waals surface area contributed by atoms with Gasteiger partial charge in [0, 0.05) is 11.6 Å². The van der Waals surface area contributed by atoms with Crippen LogP contribution in [-0.2, 0) is 4.74 Å². The fourth-order valence-electron chi connectivity index (χ4n) is 2.21. The largest absolute Gasteiger partial charge is 0.508 e. The van der Waals surface area contributed by atoms with Crippen molar-refractivity contribution in [3.05, 3.63) is 28.8 Å². The molecule has 1 unspecified atom stereocenters. The van der Waals surface area contributed by atoms with Crippen molar-refractivity contribution in [2.45, 2.75) is 38.7 Å².